The number of halogens is 1. The van der Waals surface area contributed by atoms with Crippen LogP contribution in [0.5, 0.6) is 0 Å². The zero-order chi connectivity index (χ0) is 16.9. The number of hydrogen-bond donors (Lipinski definition) is 0. The zero-order valence-electron chi connectivity index (χ0n) is 13.4. The summed E-state index contributed by atoms with van der Waals surface area (Å²) >= 11 is 5.93. The van der Waals surface area contributed by atoms with E-state index in [2.05, 4.69) is 0 Å². The standard InChI is InChI=1S/C16H23ClN2O3S/c1-2-3-12-23(21,22)19-9-5-8-18(10-11-19)16(20)14-6-4-7-15(17)13-14/h4,6-7,13H,2-3,5,8-12H2,1H3. The Bertz CT molecular complexity index is 648. The van der Waals surface area contributed by atoms with Gasteiger partial charge in [-0.1, -0.05) is 31.0 Å². The quantitative estimate of drug-likeness (QED) is 0.813. The number of carbonyl (C=O) groups excluding carboxylic acids is 1. The minimum atomic E-state index is -3.22. The molecule has 0 atom stereocenters. The maximum Gasteiger partial charge on any atom is 0.253 e. The van der Waals surface area contributed by atoms with Gasteiger partial charge in [0.25, 0.3) is 5.91 Å². The van der Waals surface area contributed by atoms with Crippen molar-refractivity contribution < 1.29 is 13.2 Å². The largest absolute Gasteiger partial charge is 0.337 e. The molecule has 1 fully saturated rings. The first-order valence-corrected chi connectivity index (χ1v) is 9.95. The highest BCUT2D eigenvalue weighted by Gasteiger charge is 2.26. The first-order chi connectivity index (χ1) is 10.9. The van der Waals surface area contributed by atoms with E-state index in [-0.39, 0.29) is 11.7 Å². The molecule has 128 valence electrons. The Morgan fingerprint density at radius 1 is 1.22 bits per heavy atom. The van der Waals surface area contributed by atoms with Crippen LogP contribution in [0.3, 0.4) is 0 Å². The van der Waals surface area contributed by atoms with Crippen molar-refractivity contribution in [3.63, 3.8) is 0 Å². The Balaban J connectivity index is 2.02. The summed E-state index contributed by atoms with van der Waals surface area (Å²) in [5.41, 5.74) is 0.541. The van der Waals surface area contributed by atoms with Gasteiger partial charge < -0.3 is 4.90 Å². The molecule has 1 amide bonds. The monoisotopic (exact) mass is 358 g/mol. The summed E-state index contributed by atoms with van der Waals surface area (Å²) in [6.07, 6.45) is 2.17. The molecule has 0 spiro atoms. The Morgan fingerprint density at radius 2 is 2.00 bits per heavy atom. The number of benzene rings is 1. The molecule has 0 radical (unpaired) electrons. The van der Waals surface area contributed by atoms with Gasteiger partial charge in [0.15, 0.2) is 0 Å². The van der Waals surface area contributed by atoms with Gasteiger partial charge >= 0.3 is 0 Å². The van der Waals surface area contributed by atoms with Crippen molar-refractivity contribution in [2.45, 2.75) is 26.2 Å². The number of unbranched alkanes of at least 4 members (excludes halogenated alkanes) is 1. The highest BCUT2D eigenvalue weighted by atomic mass is 35.5. The molecule has 1 aromatic carbocycles. The van der Waals surface area contributed by atoms with E-state index in [1.54, 1.807) is 29.2 Å². The van der Waals surface area contributed by atoms with Gasteiger partial charge in [-0.25, -0.2) is 12.7 Å². The summed E-state index contributed by atoms with van der Waals surface area (Å²) in [4.78, 5) is 14.2. The normalized spacial score (nSPS) is 17.0. The predicted octanol–water partition coefficient (Wildman–Crippen LogP) is 2.62. The Kier molecular flexibility index (Phi) is 6.44. The highest BCUT2D eigenvalue weighted by molar-refractivity contribution is 7.89. The molecule has 1 aliphatic heterocycles. The molecule has 1 aromatic rings. The van der Waals surface area contributed by atoms with Crippen LogP contribution in [0, 0.1) is 0 Å². The second kappa shape index (κ2) is 8.13. The molecule has 0 N–H and O–H groups in total. The Hall–Kier alpha value is -1.11. The summed E-state index contributed by atoms with van der Waals surface area (Å²) in [5.74, 6) is 0.0893. The van der Waals surface area contributed by atoms with Crippen LogP contribution in [0.25, 0.3) is 0 Å². The molecule has 0 saturated carbocycles. The Morgan fingerprint density at radius 3 is 2.70 bits per heavy atom. The molecule has 0 unspecified atom stereocenters. The van der Waals surface area contributed by atoms with Gasteiger partial charge in [0, 0.05) is 36.8 Å². The first kappa shape index (κ1) is 18.2. The van der Waals surface area contributed by atoms with E-state index < -0.39 is 10.0 Å². The summed E-state index contributed by atoms with van der Waals surface area (Å²) in [5, 5.41) is 0.523. The molecule has 23 heavy (non-hydrogen) atoms. The molecule has 0 aliphatic carbocycles. The maximum atomic E-state index is 12.5. The van der Waals surface area contributed by atoms with E-state index in [0.29, 0.717) is 49.6 Å². The van der Waals surface area contributed by atoms with Gasteiger partial charge in [-0.05, 0) is 31.0 Å². The SMILES string of the molecule is CCCCS(=O)(=O)N1CCCN(C(=O)c2cccc(Cl)c2)CC1. The van der Waals surface area contributed by atoms with Crippen molar-refractivity contribution in [2.24, 2.45) is 0 Å². The number of amides is 1. The van der Waals surface area contributed by atoms with E-state index in [4.69, 9.17) is 11.6 Å². The van der Waals surface area contributed by atoms with Gasteiger partial charge in [0.05, 0.1) is 5.75 Å². The number of sulfonamides is 1. The van der Waals surface area contributed by atoms with Crippen LogP contribution in [0.15, 0.2) is 24.3 Å². The fourth-order valence-electron chi connectivity index (χ4n) is 2.63. The third-order valence-corrected chi connectivity index (χ3v) is 6.15. The molecule has 7 heteroatoms. The van der Waals surface area contributed by atoms with Crippen molar-refractivity contribution in [3.05, 3.63) is 34.9 Å². The second-order valence-corrected chi connectivity index (χ2v) is 8.25. The fraction of sp³-hybridized carbons (Fsp3) is 0.562. The third kappa shape index (κ3) is 4.93. The van der Waals surface area contributed by atoms with E-state index >= 15 is 0 Å². The van der Waals surface area contributed by atoms with Crippen LogP contribution < -0.4 is 0 Å². The smallest absolute Gasteiger partial charge is 0.253 e. The fourth-order valence-corrected chi connectivity index (χ4v) is 4.50. The molecule has 1 aliphatic rings. The molecular weight excluding hydrogens is 336 g/mol. The first-order valence-electron chi connectivity index (χ1n) is 7.96. The van der Waals surface area contributed by atoms with E-state index in [9.17, 15) is 13.2 Å². The van der Waals surface area contributed by atoms with Gasteiger partial charge in [0.1, 0.15) is 0 Å². The van der Waals surface area contributed by atoms with Crippen LogP contribution in [0.2, 0.25) is 5.02 Å². The van der Waals surface area contributed by atoms with Gasteiger partial charge in [-0.15, -0.1) is 0 Å². The topological polar surface area (TPSA) is 57.7 Å². The predicted molar refractivity (Wildman–Crippen MR) is 92.2 cm³/mol. The lowest BCUT2D eigenvalue weighted by atomic mass is 10.2. The van der Waals surface area contributed by atoms with Crippen molar-refractivity contribution in [2.75, 3.05) is 31.9 Å². The molecule has 2 rings (SSSR count). The van der Waals surface area contributed by atoms with Crippen molar-refractivity contribution in [3.8, 4) is 0 Å². The number of nitrogens with zero attached hydrogens (tertiary/aromatic N) is 2. The molecule has 0 bridgehead atoms. The number of rotatable bonds is 5. The van der Waals surface area contributed by atoms with Gasteiger partial charge in [0.2, 0.25) is 10.0 Å². The lowest BCUT2D eigenvalue weighted by molar-refractivity contribution is 0.0764. The zero-order valence-corrected chi connectivity index (χ0v) is 14.9. The van der Waals surface area contributed by atoms with E-state index in [1.807, 2.05) is 6.92 Å². The van der Waals surface area contributed by atoms with E-state index in [1.165, 1.54) is 4.31 Å². The minimum absolute atomic E-state index is 0.0969. The number of hydrogen-bond acceptors (Lipinski definition) is 3. The second-order valence-electron chi connectivity index (χ2n) is 5.72. The van der Waals surface area contributed by atoms with Crippen LogP contribution in [0.1, 0.15) is 36.5 Å². The Labute approximate surface area is 143 Å². The summed E-state index contributed by atoms with van der Waals surface area (Å²) in [7, 11) is -3.22. The highest BCUT2D eigenvalue weighted by Crippen LogP contribution is 2.16. The van der Waals surface area contributed by atoms with Crippen molar-refractivity contribution >= 4 is 27.5 Å². The molecular formula is C16H23ClN2O3S. The molecule has 0 aromatic heterocycles. The number of carbonyl (C=O) groups is 1. The molecule has 1 saturated heterocycles. The average molecular weight is 359 g/mol. The molecule has 5 nitrogen and oxygen atoms in total. The molecule has 1 heterocycles. The van der Waals surface area contributed by atoms with Gasteiger partial charge in [-0.3, -0.25) is 4.79 Å². The lowest BCUT2D eigenvalue weighted by Gasteiger charge is -2.22. The van der Waals surface area contributed by atoms with Crippen LogP contribution in [-0.2, 0) is 10.0 Å². The van der Waals surface area contributed by atoms with Crippen LogP contribution in [-0.4, -0.2) is 55.5 Å². The van der Waals surface area contributed by atoms with Gasteiger partial charge in [-0.2, -0.15) is 0 Å². The van der Waals surface area contributed by atoms with Crippen LogP contribution in [0.4, 0.5) is 0 Å². The minimum Gasteiger partial charge on any atom is -0.337 e. The van der Waals surface area contributed by atoms with Crippen molar-refractivity contribution in [1.29, 1.82) is 0 Å². The summed E-state index contributed by atoms with van der Waals surface area (Å²) in [6, 6.07) is 6.84. The lowest BCUT2D eigenvalue weighted by Crippen LogP contribution is -2.38. The summed E-state index contributed by atoms with van der Waals surface area (Å²) in [6.45, 7) is 3.79. The summed E-state index contributed by atoms with van der Waals surface area (Å²) < 4.78 is 26.1. The van der Waals surface area contributed by atoms with Crippen molar-refractivity contribution in [1.82, 2.24) is 9.21 Å². The third-order valence-electron chi connectivity index (χ3n) is 3.96. The van der Waals surface area contributed by atoms with E-state index in [0.717, 1.165) is 6.42 Å². The maximum absolute atomic E-state index is 12.5. The van der Waals surface area contributed by atoms with Crippen LogP contribution >= 0.6 is 11.6 Å². The average Bonchev–Trinajstić information content (AvgIpc) is 2.79.